The first-order valence-electron chi connectivity index (χ1n) is 13.9. The number of carbonyl (C=O) groups excluding carboxylic acids is 1. The van der Waals surface area contributed by atoms with Gasteiger partial charge in [-0.25, -0.2) is 17.9 Å². The maximum Gasteiger partial charge on any atom is 0.337 e. The summed E-state index contributed by atoms with van der Waals surface area (Å²) in [6.45, 7) is 2.18. The molecule has 1 unspecified atom stereocenters. The van der Waals surface area contributed by atoms with E-state index in [1.54, 1.807) is 24.3 Å². The van der Waals surface area contributed by atoms with Crippen molar-refractivity contribution in [2.75, 3.05) is 20.0 Å². The molecule has 0 aliphatic carbocycles. The summed E-state index contributed by atoms with van der Waals surface area (Å²) < 4.78 is 40.9. The van der Waals surface area contributed by atoms with Gasteiger partial charge < -0.3 is 14.0 Å². The van der Waals surface area contributed by atoms with Crippen LogP contribution in [0.2, 0.25) is 5.02 Å². The topological polar surface area (TPSA) is 86.6 Å². The van der Waals surface area contributed by atoms with Gasteiger partial charge in [-0.3, -0.25) is 0 Å². The number of fused-ring (bicyclic) bond motifs is 1. The van der Waals surface area contributed by atoms with Crippen molar-refractivity contribution in [3.8, 4) is 5.75 Å². The second kappa shape index (κ2) is 13.0. The van der Waals surface area contributed by atoms with Crippen LogP contribution in [-0.2, 0) is 21.2 Å². The molecule has 5 aromatic rings. The Balaban J connectivity index is 1.65. The number of aromatic nitrogens is 1. The summed E-state index contributed by atoms with van der Waals surface area (Å²) in [7, 11) is -2.20. The molecule has 1 atom stereocenters. The van der Waals surface area contributed by atoms with Crippen LogP contribution in [-0.4, -0.2) is 38.9 Å². The van der Waals surface area contributed by atoms with Gasteiger partial charge in [-0.1, -0.05) is 78.3 Å². The third-order valence-corrected chi connectivity index (χ3v) is 8.32. The van der Waals surface area contributed by atoms with Crippen LogP contribution < -0.4 is 9.46 Å². The second-order valence-corrected chi connectivity index (χ2v) is 12.6. The lowest BCUT2D eigenvalue weighted by atomic mass is 9.97. The Morgan fingerprint density at radius 2 is 1.51 bits per heavy atom. The van der Waals surface area contributed by atoms with E-state index in [1.165, 1.54) is 13.4 Å². The molecule has 222 valence electrons. The van der Waals surface area contributed by atoms with Crippen LogP contribution in [0.5, 0.6) is 5.75 Å². The Hall–Kier alpha value is -4.11. The molecule has 0 bridgehead atoms. The normalized spacial score (nSPS) is 12.4. The summed E-state index contributed by atoms with van der Waals surface area (Å²) in [5.41, 5.74) is 5.20. The SMILES string of the molecule is COC(=O)c1ccc(OCCc2c(C(C)NS(C)(=O)=O)n(C(c3ccccc3)c3ccccc3)c3cc(Cl)ccc23)cc1. The van der Waals surface area contributed by atoms with Gasteiger partial charge in [0, 0.05) is 22.5 Å². The van der Waals surface area contributed by atoms with E-state index in [-0.39, 0.29) is 6.04 Å². The van der Waals surface area contributed by atoms with Gasteiger partial charge in [0.25, 0.3) is 0 Å². The maximum absolute atomic E-state index is 12.5. The minimum atomic E-state index is -3.54. The zero-order valence-corrected chi connectivity index (χ0v) is 25.7. The standard InChI is InChI=1S/C34H33ClN2O5S/c1-23(36-43(3,39)40)32-30(20-21-42-28-17-14-26(15-18-28)34(38)41-2)29-19-16-27(35)22-31(29)37(32)33(24-10-6-4-7-11-24)25-12-8-5-9-13-25/h4-19,22-23,33,36H,20-21H2,1-3H3. The molecular formula is C34H33ClN2O5S. The van der Waals surface area contributed by atoms with Crippen molar-refractivity contribution in [1.29, 1.82) is 0 Å². The number of halogens is 1. The highest BCUT2D eigenvalue weighted by molar-refractivity contribution is 7.88. The second-order valence-electron chi connectivity index (χ2n) is 10.3. The minimum Gasteiger partial charge on any atom is -0.493 e. The molecule has 0 radical (unpaired) electrons. The number of sulfonamides is 1. The van der Waals surface area contributed by atoms with Gasteiger partial charge in [0.2, 0.25) is 10.0 Å². The van der Waals surface area contributed by atoms with Crippen molar-refractivity contribution in [1.82, 2.24) is 9.29 Å². The van der Waals surface area contributed by atoms with Crippen molar-refractivity contribution >= 4 is 38.5 Å². The quantitative estimate of drug-likeness (QED) is 0.162. The molecule has 0 spiro atoms. The molecule has 1 aromatic heterocycles. The van der Waals surface area contributed by atoms with Crippen molar-refractivity contribution in [3.05, 3.63) is 136 Å². The van der Waals surface area contributed by atoms with Crippen LogP contribution in [0.1, 0.15) is 51.7 Å². The summed E-state index contributed by atoms with van der Waals surface area (Å²) in [6.07, 6.45) is 1.66. The molecule has 0 saturated heterocycles. The van der Waals surface area contributed by atoms with E-state index >= 15 is 0 Å². The van der Waals surface area contributed by atoms with Crippen molar-refractivity contribution < 1.29 is 22.7 Å². The summed E-state index contributed by atoms with van der Waals surface area (Å²) in [5, 5.41) is 1.54. The van der Waals surface area contributed by atoms with Crippen LogP contribution in [0.3, 0.4) is 0 Å². The Morgan fingerprint density at radius 1 is 0.907 bits per heavy atom. The van der Waals surface area contributed by atoms with Gasteiger partial charge in [0.15, 0.2) is 0 Å². The lowest BCUT2D eigenvalue weighted by Crippen LogP contribution is -2.29. The molecule has 0 aliphatic rings. The summed E-state index contributed by atoms with van der Waals surface area (Å²) in [5.74, 6) is 0.191. The van der Waals surface area contributed by atoms with E-state index in [9.17, 15) is 13.2 Å². The van der Waals surface area contributed by atoms with E-state index in [0.717, 1.165) is 33.3 Å². The lowest BCUT2D eigenvalue weighted by molar-refractivity contribution is 0.0600. The molecule has 43 heavy (non-hydrogen) atoms. The fourth-order valence-corrected chi connectivity index (χ4v) is 6.52. The largest absolute Gasteiger partial charge is 0.493 e. The molecule has 4 aromatic carbocycles. The van der Waals surface area contributed by atoms with Gasteiger partial charge >= 0.3 is 5.97 Å². The molecule has 1 N–H and O–H groups in total. The number of methoxy groups -OCH3 is 1. The summed E-state index contributed by atoms with van der Waals surface area (Å²) in [6, 6.07) is 32.0. The van der Waals surface area contributed by atoms with E-state index in [0.29, 0.717) is 29.4 Å². The van der Waals surface area contributed by atoms with E-state index in [4.69, 9.17) is 21.1 Å². The Bertz CT molecular complexity index is 1780. The first-order chi connectivity index (χ1) is 20.7. The molecule has 5 rings (SSSR count). The summed E-state index contributed by atoms with van der Waals surface area (Å²) >= 11 is 6.58. The monoisotopic (exact) mass is 616 g/mol. The molecule has 0 amide bonds. The zero-order valence-electron chi connectivity index (χ0n) is 24.2. The van der Waals surface area contributed by atoms with Gasteiger partial charge in [-0.15, -0.1) is 0 Å². The average Bonchev–Trinajstić information content (AvgIpc) is 3.30. The number of hydrogen-bond donors (Lipinski definition) is 1. The van der Waals surface area contributed by atoms with Crippen LogP contribution in [0.4, 0.5) is 0 Å². The van der Waals surface area contributed by atoms with Crippen LogP contribution in [0.25, 0.3) is 10.9 Å². The predicted octanol–water partition coefficient (Wildman–Crippen LogP) is 6.95. The lowest BCUT2D eigenvalue weighted by Gasteiger charge is -2.27. The number of hydrogen-bond acceptors (Lipinski definition) is 5. The highest BCUT2D eigenvalue weighted by Crippen LogP contribution is 2.40. The van der Waals surface area contributed by atoms with Crippen molar-refractivity contribution in [2.24, 2.45) is 0 Å². The molecule has 1 heterocycles. The first-order valence-corrected chi connectivity index (χ1v) is 16.1. The molecule has 0 aliphatic heterocycles. The number of benzene rings is 4. The Labute approximate surface area is 257 Å². The first kappa shape index (κ1) is 30.4. The molecule has 0 saturated carbocycles. The van der Waals surface area contributed by atoms with Gasteiger partial charge in [-0.2, -0.15) is 0 Å². The van der Waals surface area contributed by atoms with Gasteiger partial charge in [0.05, 0.1) is 43.1 Å². The zero-order chi connectivity index (χ0) is 30.6. The van der Waals surface area contributed by atoms with E-state index in [2.05, 4.69) is 33.6 Å². The van der Waals surface area contributed by atoms with Crippen molar-refractivity contribution in [3.63, 3.8) is 0 Å². The fourth-order valence-electron chi connectivity index (χ4n) is 5.60. The fraction of sp³-hybridized carbons (Fsp3) is 0.206. The van der Waals surface area contributed by atoms with Gasteiger partial charge in [0.1, 0.15) is 5.75 Å². The number of ether oxygens (including phenoxy) is 2. The Morgan fingerprint density at radius 3 is 2.07 bits per heavy atom. The Kier molecular flexibility index (Phi) is 9.20. The van der Waals surface area contributed by atoms with Crippen LogP contribution in [0, 0.1) is 0 Å². The number of carbonyl (C=O) groups is 1. The number of nitrogens with one attached hydrogen (secondary N) is 1. The van der Waals surface area contributed by atoms with Crippen LogP contribution >= 0.6 is 11.6 Å². The number of nitrogens with zero attached hydrogens (tertiary/aromatic N) is 1. The van der Waals surface area contributed by atoms with E-state index in [1.807, 2.05) is 61.5 Å². The number of rotatable bonds is 11. The maximum atomic E-state index is 12.5. The summed E-state index contributed by atoms with van der Waals surface area (Å²) in [4.78, 5) is 11.8. The van der Waals surface area contributed by atoms with Crippen molar-refractivity contribution in [2.45, 2.75) is 25.4 Å². The third-order valence-electron chi connectivity index (χ3n) is 7.30. The minimum absolute atomic E-state index is 0.261. The molecule has 7 nitrogen and oxygen atoms in total. The van der Waals surface area contributed by atoms with E-state index < -0.39 is 22.0 Å². The third kappa shape index (κ3) is 6.94. The average molecular weight is 617 g/mol. The van der Waals surface area contributed by atoms with Gasteiger partial charge in [-0.05, 0) is 60.0 Å². The number of esters is 1. The molecule has 9 heteroatoms. The predicted molar refractivity (Wildman–Crippen MR) is 170 cm³/mol. The molecular weight excluding hydrogens is 584 g/mol. The van der Waals surface area contributed by atoms with Crippen LogP contribution in [0.15, 0.2) is 103 Å². The molecule has 0 fully saturated rings. The highest BCUT2D eigenvalue weighted by atomic mass is 35.5. The highest BCUT2D eigenvalue weighted by Gasteiger charge is 2.29. The smallest absolute Gasteiger partial charge is 0.337 e.